The van der Waals surface area contributed by atoms with E-state index in [9.17, 15) is 4.79 Å². The Morgan fingerprint density at radius 1 is 1.21 bits per heavy atom. The number of aromatic nitrogens is 2. The molecule has 3 rings (SSSR count). The Labute approximate surface area is 207 Å². The number of nitrogens with one attached hydrogen (secondary N) is 2. The number of amides is 1. The van der Waals surface area contributed by atoms with Crippen LogP contribution >= 0.6 is 24.8 Å². The van der Waals surface area contributed by atoms with E-state index >= 15 is 0 Å². The molecule has 6 N–H and O–H groups in total. The highest BCUT2D eigenvalue weighted by Gasteiger charge is 2.27. The number of halogens is 2. The molecule has 1 aromatic carbocycles. The summed E-state index contributed by atoms with van der Waals surface area (Å²) in [5.41, 5.74) is 12.5. The van der Waals surface area contributed by atoms with Crippen LogP contribution in [0.1, 0.15) is 55.7 Å². The van der Waals surface area contributed by atoms with Gasteiger partial charge in [0.05, 0.1) is 29.7 Å². The van der Waals surface area contributed by atoms with Gasteiger partial charge >= 0.3 is 0 Å². The summed E-state index contributed by atoms with van der Waals surface area (Å²) in [5, 5.41) is 7.32. The SMILES string of the molecule is COCC(C)(C)NC(=O)c1nc(N[C@H]2CCCC[C@H]2N=C(N)N)c2cc(C)ccc2n1.Cl.Cl. The fourth-order valence-electron chi connectivity index (χ4n) is 4.02. The number of rotatable bonds is 7. The molecule has 1 fully saturated rings. The highest BCUT2D eigenvalue weighted by atomic mass is 35.5. The molecule has 184 valence electrons. The van der Waals surface area contributed by atoms with Gasteiger partial charge in [-0.1, -0.05) is 24.5 Å². The summed E-state index contributed by atoms with van der Waals surface area (Å²) in [4.78, 5) is 26.5. The van der Waals surface area contributed by atoms with Crippen LogP contribution < -0.4 is 22.1 Å². The quantitative estimate of drug-likeness (QED) is 0.338. The van der Waals surface area contributed by atoms with Crippen molar-refractivity contribution in [3.8, 4) is 0 Å². The Balaban J connectivity index is 0.00000272. The van der Waals surface area contributed by atoms with Crippen LogP contribution in [0.25, 0.3) is 10.9 Å². The van der Waals surface area contributed by atoms with E-state index in [2.05, 4.69) is 25.6 Å². The zero-order valence-corrected chi connectivity index (χ0v) is 21.2. The molecule has 11 heteroatoms. The lowest BCUT2D eigenvalue weighted by atomic mass is 9.90. The van der Waals surface area contributed by atoms with Crippen molar-refractivity contribution in [3.05, 3.63) is 29.6 Å². The van der Waals surface area contributed by atoms with E-state index in [1.807, 2.05) is 39.0 Å². The fourth-order valence-corrected chi connectivity index (χ4v) is 4.02. The number of hydrogen-bond donors (Lipinski definition) is 4. The zero-order chi connectivity index (χ0) is 22.6. The number of aryl methyl sites for hydroxylation is 1. The smallest absolute Gasteiger partial charge is 0.289 e. The summed E-state index contributed by atoms with van der Waals surface area (Å²) in [6, 6.07) is 5.88. The summed E-state index contributed by atoms with van der Waals surface area (Å²) in [6.07, 6.45) is 3.97. The van der Waals surface area contributed by atoms with Crippen molar-refractivity contribution in [1.29, 1.82) is 0 Å². The molecular formula is C22H35Cl2N7O2. The Hall–Kier alpha value is -2.36. The van der Waals surface area contributed by atoms with Gasteiger partial charge in [0.2, 0.25) is 5.82 Å². The van der Waals surface area contributed by atoms with E-state index < -0.39 is 5.54 Å². The molecule has 1 amide bonds. The Morgan fingerprint density at radius 3 is 2.58 bits per heavy atom. The van der Waals surface area contributed by atoms with Crippen molar-refractivity contribution >= 4 is 53.4 Å². The van der Waals surface area contributed by atoms with Gasteiger partial charge in [-0.3, -0.25) is 4.79 Å². The number of nitrogens with zero attached hydrogens (tertiary/aromatic N) is 3. The van der Waals surface area contributed by atoms with Crippen molar-refractivity contribution in [2.24, 2.45) is 16.5 Å². The molecule has 2 aromatic rings. The first-order valence-corrected chi connectivity index (χ1v) is 10.6. The summed E-state index contributed by atoms with van der Waals surface area (Å²) in [6.45, 7) is 6.17. The van der Waals surface area contributed by atoms with Gasteiger partial charge in [-0.2, -0.15) is 0 Å². The average Bonchev–Trinajstić information content (AvgIpc) is 2.68. The standard InChI is InChI=1S/C22H33N7O2.2ClH/c1-13-9-10-15-14(11-13)18(26-16-7-5-6-8-17(16)27-21(23)24)28-19(25-15)20(30)29-22(2,3)12-31-4;;/h9-11,16-17H,5-8,12H2,1-4H3,(H,29,30)(H4,23,24,27)(H,25,26,28);2*1H/t16-,17+;;/m0../s1. The topological polar surface area (TPSA) is 141 Å². The Bertz CT molecular complexity index is 981. The van der Waals surface area contributed by atoms with Crippen LogP contribution in [0.4, 0.5) is 5.82 Å². The Morgan fingerprint density at radius 2 is 1.91 bits per heavy atom. The third-order valence-corrected chi connectivity index (χ3v) is 5.38. The van der Waals surface area contributed by atoms with Gasteiger partial charge in [0, 0.05) is 12.5 Å². The number of nitrogens with two attached hydrogens (primary N) is 2. The second-order valence-corrected chi connectivity index (χ2v) is 8.84. The highest BCUT2D eigenvalue weighted by molar-refractivity contribution is 5.97. The number of guanidine groups is 1. The fraction of sp³-hybridized carbons (Fsp3) is 0.545. The molecule has 1 aliphatic rings. The minimum atomic E-state index is -0.549. The molecule has 1 heterocycles. The number of ether oxygens (including phenoxy) is 1. The molecule has 1 aromatic heterocycles. The summed E-state index contributed by atoms with van der Waals surface area (Å²) in [7, 11) is 1.60. The van der Waals surface area contributed by atoms with Crippen LogP contribution in [-0.4, -0.2) is 53.2 Å². The van der Waals surface area contributed by atoms with Crippen LogP contribution in [0, 0.1) is 6.92 Å². The van der Waals surface area contributed by atoms with Gasteiger partial charge in [-0.15, -0.1) is 24.8 Å². The number of hydrogen-bond acceptors (Lipinski definition) is 6. The molecule has 2 atom stereocenters. The monoisotopic (exact) mass is 499 g/mol. The number of methoxy groups -OCH3 is 1. The zero-order valence-electron chi connectivity index (χ0n) is 19.6. The molecule has 1 saturated carbocycles. The van der Waals surface area contributed by atoms with E-state index in [0.717, 1.165) is 36.6 Å². The molecule has 0 aliphatic heterocycles. The van der Waals surface area contributed by atoms with Gasteiger partial charge in [0.15, 0.2) is 5.96 Å². The number of fused-ring (bicyclic) bond motifs is 1. The van der Waals surface area contributed by atoms with Gasteiger partial charge < -0.3 is 26.8 Å². The summed E-state index contributed by atoms with van der Waals surface area (Å²) in [5.74, 6) is 0.461. The largest absolute Gasteiger partial charge is 0.382 e. The summed E-state index contributed by atoms with van der Waals surface area (Å²) < 4.78 is 5.19. The third-order valence-electron chi connectivity index (χ3n) is 5.38. The van der Waals surface area contributed by atoms with Crippen molar-refractivity contribution in [2.75, 3.05) is 19.0 Å². The van der Waals surface area contributed by atoms with E-state index in [1.54, 1.807) is 7.11 Å². The van der Waals surface area contributed by atoms with Crippen LogP contribution in [0.2, 0.25) is 0 Å². The number of benzene rings is 1. The third kappa shape index (κ3) is 7.58. The first kappa shape index (κ1) is 28.7. The lowest BCUT2D eigenvalue weighted by Gasteiger charge is -2.30. The van der Waals surface area contributed by atoms with Crippen molar-refractivity contribution < 1.29 is 9.53 Å². The molecule has 0 bridgehead atoms. The van der Waals surface area contributed by atoms with Gasteiger partial charge in [-0.25, -0.2) is 15.0 Å². The van der Waals surface area contributed by atoms with E-state index in [4.69, 9.17) is 16.2 Å². The molecule has 0 radical (unpaired) electrons. The molecule has 33 heavy (non-hydrogen) atoms. The minimum absolute atomic E-state index is 0. The maximum absolute atomic E-state index is 12.9. The lowest BCUT2D eigenvalue weighted by Crippen LogP contribution is -2.47. The molecular weight excluding hydrogens is 465 g/mol. The van der Waals surface area contributed by atoms with Gasteiger partial charge in [0.1, 0.15) is 5.82 Å². The molecule has 9 nitrogen and oxygen atoms in total. The molecule has 1 aliphatic carbocycles. The van der Waals surface area contributed by atoms with E-state index in [-0.39, 0.29) is 54.6 Å². The first-order valence-electron chi connectivity index (χ1n) is 10.6. The van der Waals surface area contributed by atoms with E-state index in [0.29, 0.717) is 17.9 Å². The van der Waals surface area contributed by atoms with Crippen molar-refractivity contribution in [2.45, 2.75) is 64.1 Å². The second-order valence-electron chi connectivity index (χ2n) is 8.84. The Kier molecular flexibility index (Phi) is 10.6. The summed E-state index contributed by atoms with van der Waals surface area (Å²) >= 11 is 0. The second kappa shape index (κ2) is 12.2. The maximum Gasteiger partial charge on any atom is 0.289 e. The van der Waals surface area contributed by atoms with Crippen LogP contribution in [0.3, 0.4) is 0 Å². The lowest BCUT2D eigenvalue weighted by molar-refractivity contribution is 0.0810. The number of carbonyl (C=O) groups is 1. The number of aliphatic imine (C=N–C) groups is 1. The predicted octanol–water partition coefficient (Wildman–Crippen LogP) is 2.93. The molecule has 0 spiro atoms. The van der Waals surface area contributed by atoms with Crippen molar-refractivity contribution in [3.63, 3.8) is 0 Å². The van der Waals surface area contributed by atoms with Crippen LogP contribution in [0.15, 0.2) is 23.2 Å². The molecule has 0 saturated heterocycles. The number of anilines is 1. The van der Waals surface area contributed by atoms with Gasteiger partial charge in [0.25, 0.3) is 5.91 Å². The minimum Gasteiger partial charge on any atom is -0.382 e. The highest BCUT2D eigenvalue weighted by Crippen LogP contribution is 2.28. The van der Waals surface area contributed by atoms with E-state index in [1.165, 1.54) is 0 Å². The molecule has 0 unspecified atom stereocenters. The van der Waals surface area contributed by atoms with Crippen molar-refractivity contribution in [1.82, 2.24) is 15.3 Å². The average molecular weight is 500 g/mol. The number of carbonyl (C=O) groups excluding carboxylic acids is 1. The normalized spacial score (nSPS) is 17.9. The first-order chi connectivity index (χ1) is 14.7. The van der Waals surface area contributed by atoms with Crippen LogP contribution in [-0.2, 0) is 4.74 Å². The predicted molar refractivity (Wildman–Crippen MR) is 138 cm³/mol. The van der Waals surface area contributed by atoms with Gasteiger partial charge in [-0.05, 0) is 45.7 Å². The van der Waals surface area contributed by atoms with Crippen LogP contribution in [0.5, 0.6) is 0 Å². The maximum atomic E-state index is 12.9.